The second-order valence-corrected chi connectivity index (χ2v) is 6.15. The Hall–Kier alpha value is -0.510. The predicted octanol–water partition coefficient (Wildman–Crippen LogP) is 3.14. The number of thioether (sulfide) groups is 1. The predicted molar refractivity (Wildman–Crippen MR) is 80.0 cm³/mol. The Morgan fingerprint density at radius 1 is 1.39 bits per heavy atom. The van der Waals surface area contributed by atoms with E-state index in [1.807, 2.05) is 0 Å². The Bertz CT molecular complexity index is 363. The van der Waals surface area contributed by atoms with Crippen molar-refractivity contribution >= 4 is 11.8 Å². The van der Waals surface area contributed by atoms with Crippen LogP contribution < -0.4 is 5.73 Å². The van der Waals surface area contributed by atoms with Crippen LogP contribution in [-0.4, -0.2) is 30.8 Å². The molecule has 1 fully saturated rings. The summed E-state index contributed by atoms with van der Waals surface area (Å²) in [6.07, 6.45) is 4.78. The van der Waals surface area contributed by atoms with Crippen molar-refractivity contribution in [2.75, 3.05) is 25.9 Å². The minimum atomic E-state index is 0.392. The SMILES string of the molecule is CSc1ccc(C(CN)N2CCCC(C)C2)cc1. The van der Waals surface area contributed by atoms with Gasteiger partial charge in [0.1, 0.15) is 0 Å². The summed E-state index contributed by atoms with van der Waals surface area (Å²) < 4.78 is 0. The number of nitrogens with zero attached hydrogens (tertiary/aromatic N) is 1. The van der Waals surface area contributed by atoms with Gasteiger partial charge in [0.2, 0.25) is 0 Å². The van der Waals surface area contributed by atoms with E-state index in [1.54, 1.807) is 11.8 Å². The molecule has 18 heavy (non-hydrogen) atoms. The monoisotopic (exact) mass is 264 g/mol. The van der Waals surface area contributed by atoms with Gasteiger partial charge in [0.15, 0.2) is 0 Å². The molecule has 0 bridgehead atoms. The van der Waals surface area contributed by atoms with E-state index < -0.39 is 0 Å². The van der Waals surface area contributed by atoms with Crippen molar-refractivity contribution in [3.63, 3.8) is 0 Å². The smallest absolute Gasteiger partial charge is 0.0470 e. The lowest BCUT2D eigenvalue weighted by Gasteiger charge is -2.37. The van der Waals surface area contributed by atoms with Crippen LogP contribution in [0.3, 0.4) is 0 Å². The number of nitrogens with two attached hydrogens (primary N) is 1. The molecule has 1 aromatic rings. The zero-order valence-electron chi connectivity index (χ0n) is 11.4. The molecule has 2 rings (SSSR count). The molecule has 100 valence electrons. The van der Waals surface area contributed by atoms with Gasteiger partial charge in [-0.05, 0) is 49.3 Å². The summed E-state index contributed by atoms with van der Waals surface area (Å²) in [6, 6.07) is 9.28. The number of piperidine rings is 1. The molecule has 2 nitrogen and oxygen atoms in total. The van der Waals surface area contributed by atoms with Gasteiger partial charge in [0.25, 0.3) is 0 Å². The third kappa shape index (κ3) is 3.28. The standard InChI is InChI=1S/C15H24N2S/c1-12-4-3-9-17(11-12)15(10-16)13-5-7-14(18-2)8-6-13/h5-8,12,15H,3-4,9-11,16H2,1-2H3. The number of likely N-dealkylation sites (tertiary alicyclic amines) is 1. The molecule has 0 aromatic heterocycles. The molecule has 2 N–H and O–H groups in total. The van der Waals surface area contributed by atoms with Crippen LogP contribution in [0.2, 0.25) is 0 Å². The second-order valence-electron chi connectivity index (χ2n) is 5.27. The van der Waals surface area contributed by atoms with Crippen molar-refractivity contribution in [2.45, 2.75) is 30.7 Å². The quantitative estimate of drug-likeness (QED) is 0.847. The van der Waals surface area contributed by atoms with Crippen LogP contribution in [0.15, 0.2) is 29.2 Å². The topological polar surface area (TPSA) is 29.3 Å². The van der Waals surface area contributed by atoms with Gasteiger partial charge in [0.05, 0.1) is 0 Å². The maximum absolute atomic E-state index is 6.00. The minimum Gasteiger partial charge on any atom is -0.329 e. The summed E-state index contributed by atoms with van der Waals surface area (Å²) in [5, 5.41) is 0. The van der Waals surface area contributed by atoms with Crippen LogP contribution in [0.25, 0.3) is 0 Å². The summed E-state index contributed by atoms with van der Waals surface area (Å²) >= 11 is 1.79. The highest BCUT2D eigenvalue weighted by Crippen LogP contribution is 2.27. The molecule has 1 aliphatic rings. The van der Waals surface area contributed by atoms with Gasteiger partial charge in [-0.3, -0.25) is 4.90 Å². The van der Waals surface area contributed by atoms with Gasteiger partial charge in [-0.1, -0.05) is 19.1 Å². The van der Waals surface area contributed by atoms with Gasteiger partial charge in [-0.15, -0.1) is 11.8 Å². The minimum absolute atomic E-state index is 0.392. The summed E-state index contributed by atoms with van der Waals surface area (Å²) in [5.74, 6) is 0.804. The van der Waals surface area contributed by atoms with E-state index in [9.17, 15) is 0 Å². The zero-order chi connectivity index (χ0) is 13.0. The average molecular weight is 264 g/mol. The number of benzene rings is 1. The summed E-state index contributed by atoms with van der Waals surface area (Å²) in [6.45, 7) is 5.44. The van der Waals surface area contributed by atoms with Crippen LogP contribution in [0.4, 0.5) is 0 Å². The summed E-state index contributed by atoms with van der Waals surface area (Å²) in [5.41, 5.74) is 7.37. The molecule has 0 amide bonds. The molecule has 1 heterocycles. The van der Waals surface area contributed by atoms with Crippen LogP contribution >= 0.6 is 11.8 Å². The van der Waals surface area contributed by atoms with E-state index in [2.05, 4.69) is 42.3 Å². The zero-order valence-corrected chi connectivity index (χ0v) is 12.2. The molecular weight excluding hydrogens is 240 g/mol. The van der Waals surface area contributed by atoms with Crippen molar-refractivity contribution in [1.82, 2.24) is 4.90 Å². The largest absolute Gasteiger partial charge is 0.329 e. The lowest BCUT2D eigenvalue weighted by molar-refractivity contribution is 0.133. The fourth-order valence-corrected chi connectivity index (χ4v) is 3.24. The molecule has 1 aliphatic heterocycles. The number of hydrogen-bond acceptors (Lipinski definition) is 3. The average Bonchev–Trinajstić information content (AvgIpc) is 2.40. The third-order valence-electron chi connectivity index (χ3n) is 3.85. The molecule has 3 heteroatoms. The fraction of sp³-hybridized carbons (Fsp3) is 0.600. The van der Waals surface area contributed by atoms with Crippen LogP contribution in [0.5, 0.6) is 0 Å². The van der Waals surface area contributed by atoms with E-state index in [1.165, 1.54) is 36.4 Å². The van der Waals surface area contributed by atoms with E-state index in [0.717, 1.165) is 5.92 Å². The van der Waals surface area contributed by atoms with Gasteiger partial charge >= 0.3 is 0 Å². The lowest BCUT2D eigenvalue weighted by atomic mass is 9.96. The molecular formula is C15H24N2S. The Labute approximate surface area is 115 Å². The molecule has 0 saturated carbocycles. The van der Waals surface area contributed by atoms with Gasteiger partial charge in [-0.25, -0.2) is 0 Å². The van der Waals surface area contributed by atoms with Crippen LogP contribution in [-0.2, 0) is 0 Å². The highest BCUT2D eigenvalue weighted by molar-refractivity contribution is 7.98. The second kappa shape index (κ2) is 6.60. The maximum Gasteiger partial charge on any atom is 0.0470 e. The summed E-state index contributed by atoms with van der Waals surface area (Å²) in [7, 11) is 0. The highest BCUT2D eigenvalue weighted by Gasteiger charge is 2.23. The van der Waals surface area contributed by atoms with Crippen molar-refractivity contribution in [1.29, 1.82) is 0 Å². The third-order valence-corrected chi connectivity index (χ3v) is 4.60. The van der Waals surface area contributed by atoms with Gasteiger partial charge in [0, 0.05) is 24.0 Å². The molecule has 0 radical (unpaired) electrons. The Balaban J connectivity index is 2.11. The van der Waals surface area contributed by atoms with Gasteiger partial charge in [-0.2, -0.15) is 0 Å². The van der Waals surface area contributed by atoms with Gasteiger partial charge < -0.3 is 5.73 Å². The van der Waals surface area contributed by atoms with Crippen LogP contribution in [0, 0.1) is 5.92 Å². The van der Waals surface area contributed by atoms with Crippen molar-refractivity contribution in [2.24, 2.45) is 11.7 Å². The molecule has 1 saturated heterocycles. The fourth-order valence-electron chi connectivity index (χ4n) is 2.83. The lowest BCUT2D eigenvalue weighted by Crippen LogP contribution is -2.40. The van der Waals surface area contributed by atoms with Crippen LogP contribution in [0.1, 0.15) is 31.4 Å². The first kappa shape index (κ1) is 13.9. The van der Waals surface area contributed by atoms with E-state index in [4.69, 9.17) is 5.73 Å². The molecule has 0 aliphatic carbocycles. The van der Waals surface area contributed by atoms with E-state index in [-0.39, 0.29) is 0 Å². The summed E-state index contributed by atoms with van der Waals surface area (Å²) in [4.78, 5) is 3.88. The molecule has 2 atom stereocenters. The number of hydrogen-bond donors (Lipinski definition) is 1. The first-order valence-electron chi connectivity index (χ1n) is 6.82. The van der Waals surface area contributed by atoms with Crippen molar-refractivity contribution in [3.8, 4) is 0 Å². The number of rotatable bonds is 4. The Kier molecular flexibility index (Phi) is 5.10. The Morgan fingerprint density at radius 3 is 2.67 bits per heavy atom. The first-order valence-corrected chi connectivity index (χ1v) is 8.05. The van der Waals surface area contributed by atoms with Crippen molar-refractivity contribution in [3.05, 3.63) is 29.8 Å². The molecule has 0 spiro atoms. The van der Waals surface area contributed by atoms with Crippen molar-refractivity contribution < 1.29 is 0 Å². The van der Waals surface area contributed by atoms with E-state index >= 15 is 0 Å². The first-order chi connectivity index (χ1) is 8.74. The Morgan fingerprint density at radius 2 is 2.11 bits per heavy atom. The van der Waals surface area contributed by atoms with E-state index in [0.29, 0.717) is 12.6 Å². The maximum atomic E-state index is 6.00. The molecule has 1 aromatic carbocycles. The molecule has 2 unspecified atom stereocenters. The normalized spacial score (nSPS) is 22.9. The highest BCUT2D eigenvalue weighted by atomic mass is 32.2.